The number of halogens is 1. The maximum absolute atomic E-state index is 12.9. The van der Waals surface area contributed by atoms with Crippen molar-refractivity contribution < 1.29 is 14.3 Å². The lowest BCUT2D eigenvalue weighted by atomic mass is 9.91. The molecule has 0 aliphatic heterocycles. The van der Waals surface area contributed by atoms with Gasteiger partial charge in [0.1, 0.15) is 5.82 Å². The number of hydrogen-bond acceptors (Lipinski definition) is 1. The molecule has 2 rings (SSSR count). The van der Waals surface area contributed by atoms with Gasteiger partial charge < -0.3 is 5.11 Å². The van der Waals surface area contributed by atoms with E-state index in [1.807, 2.05) is 26.0 Å². The van der Waals surface area contributed by atoms with Gasteiger partial charge in [-0.05, 0) is 49.9 Å². The molecule has 110 valence electrons. The lowest BCUT2D eigenvalue weighted by Gasteiger charge is -2.13. The summed E-state index contributed by atoms with van der Waals surface area (Å²) in [7, 11) is 0. The molecule has 0 amide bonds. The summed E-state index contributed by atoms with van der Waals surface area (Å²) >= 11 is 0. The molecule has 0 radical (unpaired) electrons. The summed E-state index contributed by atoms with van der Waals surface area (Å²) in [4.78, 5) is 11.5. The first kappa shape index (κ1) is 15.2. The van der Waals surface area contributed by atoms with Crippen molar-refractivity contribution in [2.45, 2.75) is 26.7 Å². The molecule has 0 aliphatic carbocycles. The van der Waals surface area contributed by atoms with E-state index in [2.05, 4.69) is 6.07 Å². The maximum atomic E-state index is 12.9. The fourth-order valence-corrected chi connectivity index (χ4v) is 2.62. The Morgan fingerprint density at radius 3 is 2.05 bits per heavy atom. The van der Waals surface area contributed by atoms with Crippen molar-refractivity contribution in [3.05, 3.63) is 70.5 Å². The summed E-state index contributed by atoms with van der Waals surface area (Å²) < 4.78 is 12.9. The minimum Gasteiger partial charge on any atom is -0.481 e. The molecule has 0 heterocycles. The van der Waals surface area contributed by atoms with Crippen LogP contribution >= 0.6 is 0 Å². The minimum absolute atomic E-state index is 0.306. The molecule has 1 unspecified atom stereocenters. The van der Waals surface area contributed by atoms with Crippen LogP contribution in [0.15, 0.2) is 42.5 Å². The van der Waals surface area contributed by atoms with E-state index in [1.165, 1.54) is 12.1 Å². The van der Waals surface area contributed by atoms with E-state index in [-0.39, 0.29) is 5.82 Å². The van der Waals surface area contributed by atoms with Gasteiger partial charge in [0.05, 0.1) is 5.92 Å². The number of benzene rings is 2. The van der Waals surface area contributed by atoms with E-state index >= 15 is 0 Å². The molecule has 2 aromatic carbocycles. The Balaban J connectivity index is 2.15. The van der Waals surface area contributed by atoms with Crippen molar-refractivity contribution in [1.29, 1.82) is 0 Å². The normalized spacial score (nSPS) is 12.1. The third-order valence-electron chi connectivity index (χ3n) is 3.51. The molecule has 0 spiro atoms. The van der Waals surface area contributed by atoms with Gasteiger partial charge in [0.15, 0.2) is 0 Å². The number of aryl methyl sites for hydroxylation is 2. The molecule has 21 heavy (non-hydrogen) atoms. The Kier molecular flexibility index (Phi) is 4.73. The number of carbonyl (C=O) groups is 1. The molecule has 0 aliphatic rings. The molecule has 0 fully saturated rings. The Hall–Kier alpha value is -2.16. The first-order valence-electron chi connectivity index (χ1n) is 6.98. The predicted molar refractivity (Wildman–Crippen MR) is 80.8 cm³/mol. The van der Waals surface area contributed by atoms with Crippen LogP contribution in [-0.4, -0.2) is 11.1 Å². The van der Waals surface area contributed by atoms with Crippen LogP contribution in [0.1, 0.15) is 22.3 Å². The van der Waals surface area contributed by atoms with Gasteiger partial charge in [-0.15, -0.1) is 0 Å². The molecular formula is C18H19FO2. The highest BCUT2D eigenvalue weighted by molar-refractivity contribution is 5.71. The van der Waals surface area contributed by atoms with Crippen LogP contribution in [0, 0.1) is 25.6 Å². The van der Waals surface area contributed by atoms with Gasteiger partial charge in [0, 0.05) is 0 Å². The van der Waals surface area contributed by atoms with E-state index in [0.717, 1.165) is 22.3 Å². The second-order valence-corrected chi connectivity index (χ2v) is 5.57. The molecule has 0 aromatic heterocycles. The van der Waals surface area contributed by atoms with Gasteiger partial charge in [-0.2, -0.15) is 0 Å². The summed E-state index contributed by atoms with van der Waals surface area (Å²) in [6.45, 7) is 4.01. The van der Waals surface area contributed by atoms with Crippen LogP contribution in [-0.2, 0) is 17.6 Å². The summed E-state index contributed by atoms with van der Waals surface area (Å²) in [5.41, 5.74) is 4.14. The van der Waals surface area contributed by atoms with Gasteiger partial charge in [0.25, 0.3) is 0 Å². The van der Waals surface area contributed by atoms with Crippen LogP contribution in [0.4, 0.5) is 4.39 Å². The molecule has 1 N–H and O–H groups in total. The van der Waals surface area contributed by atoms with Crippen molar-refractivity contribution in [1.82, 2.24) is 0 Å². The quantitative estimate of drug-likeness (QED) is 0.904. The first-order valence-corrected chi connectivity index (χ1v) is 6.98. The van der Waals surface area contributed by atoms with E-state index < -0.39 is 11.9 Å². The minimum atomic E-state index is -0.821. The average Bonchev–Trinajstić information content (AvgIpc) is 2.39. The topological polar surface area (TPSA) is 37.3 Å². The molecule has 2 aromatic rings. The zero-order chi connectivity index (χ0) is 15.4. The molecule has 3 heteroatoms. The van der Waals surface area contributed by atoms with E-state index in [0.29, 0.717) is 12.8 Å². The molecule has 2 nitrogen and oxygen atoms in total. The zero-order valence-corrected chi connectivity index (χ0v) is 12.3. The standard InChI is InChI=1S/C18H19FO2/c1-12-7-13(2)9-15(8-12)11-16(18(20)21)10-14-3-5-17(19)6-4-14/h3-9,16H,10-11H2,1-2H3,(H,20,21). The number of carboxylic acids is 1. The Morgan fingerprint density at radius 1 is 1.00 bits per heavy atom. The van der Waals surface area contributed by atoms with Crippen molar-refractivity contribution in [2.75, 3.05) is 0 Å². The summed E-state index contributed by atoms with van der Waals surface area (Å²) in [6, 6.07) is 12.1. The molecular weight excluding hydrogens is 267 g/mol. The number of hydrogen-bond donors (Lipinski definition) is 1. The smallest absolute Gasteiger partial charge is 0.307 e. The fraction of sp³-hybridized carbons (Fsp3) is 0.278. The van der Waals surface area contributed by atoms with E-state index in [1.54, 1.807) is 12.1 Å². The Bertz CT molecular complexity index is 612. The van der Waals surface area contributed by atoms with E-state index in [4.69, 9.17) is 0 Å². The lowest BCUT2D eigenvalue weighted by molar-refractivity contribution is -0.141. The van der Waals surface area contributed by atoms with Gasteiger partial charge in [-0.3, -0.25) is 4.79 Å². The second kappa shape index (κ2) is 6.53. The van der Waals surface area contributed by atoms with Crippen LogP contribution in [0.5, 0.6) is 0 Å². The van der Waals surface area contributed by atoms with Crippen LogP contribution in [0.25, 0.3) is 0 Å². The van der Waals surface area contributed by atoms with Crippen molar-refractivity contribution in [3.8, 4) is 0 Å². The van der Waals surface area contributed by atoms with Crippen molar-refractivity contribution in [3.63, 3.8) is 0 Å². The third kappa shape index (κ3) is 4.42. The Morgan fingerprint density at radius 2 is 1.52 bits per heavy atom. The second-order valence-electron chi connectivity index (χ2n) is 5.57. The molecule has 1 atom stereocenters. The highest BCUT2D eigenvalue weighted by Gasteiger charge is 2.19. The molecule has 0 saturated heterocycles. The number of carboxylic acid groups (broad SMARTS) is 1. The Labute approximate surface area is 124 Å². The lowest BCUT2D eigenvalue weighted by Crippen LogP contribution is -2.19. The van der Waals surface area contributed by atoms with Gasteiger partial charge in [-0.25, -0.2) is 4.39 Å². The largest absolute Gasteiger partial charge is 0.481 e. The fourth-order valence-electron chi connectivity index (χ4n) is 2.62. The van der Waals surface area contributed by atoms with Crippen LogP contribution in [0.3, 0.4) is 0 Å². The predicted octanol–water partition coefficient (Wildman–Crippen LogP) is 3.93. The van der Waals surface area contributed by atoms with Gasteiger partial charge in [0.2, 0.25) is 0 Å². The SMILES string of the molecule is Cc1cc(C)cc(CC(Cc2ccc(F)cc2)C(=O)O)c1. The molecule has 0 bridgehead atoms. The highest BCUT2D eigenvalue weighted by Crippen LogP contribution is 2.18. The zero-order valence-electron chi connectivity index (χ0n) is 12.3. The average molecular weight is 286 g/mol. The third-order valence-corrected chi connectivity index (χ3v) is 3.51. The number of rotatable bonds is 5. The molecule has 0 saturated carbocycles. The number of aliphatic carboxylic acids is 1. The summed E-state index contributed by atoms with van der Waals surface area (Å²) in [6.07, 6.45) is 0.887. The van der Waals surface area contributed by atoms with Gasteiger partial charge >= 0.3 is 5.97 Å². The van der Waals surface area contributed by atoms with Gasteiger partial charge in [-0.1, -0.05) is 41.5 Å². The summed E-state index contributed by atoms with van der Waals surface area (Å²) in [5.74, 6) is -1.63. The van der Waals surface area contributed by atoms with Crippen LogP contribution in [0.2, 0.25) is 0 Å². The first-order chi connectivity index (χ1) is 9.94. The maximum Gasteiger partial charge on any atom is 0.307 e. The van der Waals surface area contributed by atoms with Crippen LogP contribution < -0.4 is 0 Å². The van der Waals surface area contributed by atoms with Crippen molar-refractivity contribution >= 4 is 5.97 Å². The van der Waals surface area contributed by atoms with Crippen molar-refractivity contribution in [2.24, 2.45) is 5.92 Å². The van der Waals surface area contributed by atoms with E-state index in [9.17, 15) is 14.3 Å². The highest BCUT2D eigenvalue weighted by atomic mass is 19.1. The monoisotopic (exact) mass is 286 g/mol. The summed E-state index contributed by atoms with van der Waals surface area (Å²) in [5, 5.41) is 9.42.